The molecule has 0 spiro atoms. The van der Waals surface area contributed by atoms with Gasteiger partial charge in [-0.25, -0.2) is 10.1 Å². The number of benzene rings is 2. The van der Waals surface area contributed by atoms with Crippen LogP contribution in [-0.4, -0.2) is 45.0 Å². The Balaban J connectivity index is 1.57. The molecular weight excluding hydrogens is 499 g/mol. The average molecular weight is 516 g/mol. The van der Waals surface area contributed by atoms with E-state index in [-0.39, 0.29) is 33.3 Å². The van der Waals surface area contributed by atoms with Crippen molar-refractivity contribution in [2.24, 2.45) is 5.10 Å². The van der Waals surface area contributed by atoms with Crippen LogP contribution in [0.15, 0.2) is 46.7 Å². The summed E-state index contributed by atoms with van der Waals surface area (Å²) in [7, 11) is 1.43. The quantitative estimate of drug-likeness (QED) is 0.154. The molecule has 34 heavy (non-hydrogen) atoms. The van der Waals surface area contributed by atoms with Crippen molar-refractivity contribution in [3.8, 4) is 11.5 Å². The summed E-state index contributed by atoms with van der Waals surface area (Å²) in [6.07, 6.45) is -3.18. The Hall–Kier alpha value is -3.65. The van der Waals surface area contributed by atoms with Crippen LogP contribution in [0, 0.1) is 0 Å². The fourth-order valence-electron chi connectivity index (χ4n) is 2.52. The summed E-state index contributed by atoms with van der Waals surface area (Å²) in [5.41, 5.74) is 2.02. The number of nitrogens with zero attached hydrogens (tertiary/aromatic N) is 4. The zero-order valence-electron chi connectivity index (χ0n) is 17.3. The maximum absolute atomic E-state index is 12.9. The molecule has 0 saturated heterocycles. The van der Waals surface area contributed by atoms with Gasteiger partial charge in [0.1, 0.15) is 0 Å². The van der Waals surface area contributed by atoms with Crippen LogP contribution < -0.4 is 21.3 Å². The van der Waals surface area contributed by atoms with Crippen molar-refractivity contribution in [2.75, 3.05) is 29.4 Å². The number of aromatic nitrogens is 3. The van der Waals surface area contributed by atoms with Crippen LogP contribution in [0.2, 0.25) is 5.02 Å². The fraction of sp³-hybridized carbons (Fsp3) is 0.158. The number of hydrogen-bond donors (Lipinski definition) is 4. The van der Waals surface area contributed by atoms with Gasteiger partial charge in [-0.1, -0.05) is 23.4 Å². The Morgan fingerprint density at radius 3 is 2.76 bits per heavy atom. The lowest BCUT2D eigenvalue weighted by Gasteiger charge is -2.11. The van der Waals surface area contributed by atoms with E-state index in [1.165, 1.54) is 19.4 Å². The third kappa shape index (κ3) is 6.23. The first-order valence-electron chi connectivity index (χ1n) is 9.24. The zero-order valence-corrected chi connectivity index (χ0v) is 18.9. The highest BCUT2D eigenvalue weighted by Gasteiger charge is 2.31. The molecule has 180 valence electrons. The molecule has 0 bridgehead atoms. The first-order chi connectivity index (χ1) is 16.1. The number of phenolic OH excluding ortho intramolecular Hbond substituents is 1. The number of nitrogen functional groups attached to an aromatic ring is 1. The van der Waals surface area contributed by atoms with Crippen LogP contribution >= 0.6 is 23.4 Å². The van der Waals surface area contributed by atoms with E-state index < -0.39 is 17.6 Å². The fourth-order valence-corrected chi connectivity index (χ4v) is 3.34. The number of halogens is 4. The van der Waals surface area contributed by atoms with Crippen molar-refractivity contribution in [2.45, 2.75) is 11.3 Å². The lowest BCUT2D eigenvalue weighted by molar-refractivity contribution is -0.137. The Morgan fingerprint density at radius 1 is 1.32 bits per heavy atom. The van der Waals surface area contributed by atoms with Gasteiger partial charge in [0.25, 0.3) is 5.95 Å². The third-order valence-electron chi connectivity index (χ3n) is 4.15. The minimum absolute atomic E-state index is 0.0390. The number of aromatic hydroxyl groups is 1. The first-order valence-corrected chi connectivity index (χ1v) is 10.6. The van der Waals surface area contributed by atoms with Crippen LogP contribution in [-0.2, 0) is 11.0 Å². The minimum Gasteiger partial charge on any atom is -0.504 e. The summed E-state index contributed by atoms with van der Waals surface area (Å²) in [5.74, 6) is 5.33. The molecule has 0 atom stereocenters. The molecule has 1 heterocycles. The van der Waals surface area contributed by atoms with Crippen LogP contribution in [0.4, 0.5) is 24.8 Å². The molecule has 3 aromatic rings. The highest BCUT2D eigenvalue weighted by Crippen LogP contribution is 2.34. The number of carbonyl (C=O) groups is 1. The maximum Gasteiger partial charge on any atom is 0.416 e. The Labute approximate surface area is 199 Å². The normalized spacial score (nSPS) is 11.6. The summed E-state index contributed by atoms with van der Waals surface area (Å²) >= 11 is 6.77. The second-order valence-electron chi connectivity index (χ2n) is 6.51. The molecule has 0 fully saturated rings. The Bertz CT molecular complexity index is 1220. The number of hydrogen-bond acceptors (Lipinski definition) is 9. The monoisotopic (exact) mass is 515 g/mol. The summed E-state index contributed by atoms with van der Waals surface area (Å²) in [5, 5.41) is 23.8. The van der Waals surface area contributed by atoms with Crippen molar-refractivity contribution < 1.29 is 27.8 Å². The van der Waals surface area contributed by atoms with Gasteiger partial charge in [-0.05, 0) is 42.0 Å². The van der Waals surface area contributed by atoms with E-state index in [2.05, 4.69) is 26.0 Å². The van der Waals surface area contributed by atoms with E-state index in [0.29, 0.717) is 11.3 Å². The lowest BCUT2D eigenvalue weighted by atomic mass is 10.2. The second kappa shape index (κ2) is 10.5. The Kier molecular flexibility index (Phi) is 7.73. The SMILES string of the molecule is COc1ccc(/C=N/Nc2nnc(SCC(=O)Nc3cc(C(F)(F)F)ccc3Cl)n2N)cc1O. The van der Waals surface area contributed by atoms with Gasteiger partial charge >= 0.3 is 6.18 Å². The topological polar surface area (TPSA) is 140 Å². The summed E-state index contributed by atoms with van der Waals surface area (Å²) in [4.78, 5) is 12.2. The molecule has 0 saturated carbocycles. The molecule has 10 nitrogen and oxygen atoms in total. The highest BCUT2D eigenvalue weighted by atomic mass is 35.5. The number of hydrazone groups is 1. The van der Waals surface area contributed by atoms with E-state index in [9.17, 15) is 23.1 Å². The smallest absolute Gasteiger partial charge is 0.416 e. The van der Waals surface area contributed by atoms with Crippen LogP contribution in [0.5, 0.6) is 11.5 Å². The van der Waals surface area contributed by atoms with Gasteiger partial charge < -0.3 is 21.0 Å². The molecule has 0 aliphatic carbocycles. The lowest BCUT2D eigenvalue weighted by Crippen LogP contribution is -2.17. The van der Waals surface area contributed by atoms with Crippen LogP contribution in [0.3, 0.4) is 0 Å². The van der Waals surface area contributed by atoms with Crippen molar-refractivity contribution in [3.63, 3.8) is 0 Å². The summed E-state index contributed by atoms with van der Waals surface area (Å²) in [6.45, 7) is 0. The van der Waals surface area contributed by atoms with Gasteiger partial charge in [-0.15, -0.1) is 10.2 Å². The van der Waals surface area contributed by atoms with Gasteiger partial charge in [0, 0.05) is 0 Å². The van der Waals surface area contributed by atoms with Gasteiger partial charge in [-0.2, -0.15) is 18.3 Å². The number of alkyl halides is 3. The van der Waals surface area contributed by atoms with Crippen molar-refractivity contribution >= 4 is 47.1 Å². The Morgan fingerprint density at radius 2 is 2.09 bits per heavy atom. The van der Waals surface area contributed by atoms with Crippen molar-refractivity contribution in [1.29, 1.82) is 0 Å². The summed E-state index contributed by atoms with van der Waals surface area (Å²) in [6, 6.07) is 7.28. The van der Waals surface area contributed by atoms with Gasteiger partial charge in [0.05, 0.1) is 35.4 Å². The van der Waals surface area contributed by atoms with Crippen molar-refractivity contribution in [3.05, 3.63) is 52.5 Å². The van der Waals surface area contributed by atoms with Gasteiger partial charge in [0.15, 0.2) is 11.5 Å². The summed E-state index contributed by atoms with van der Waals surface area (Å²) < 4.78 is 44.6. The first kappa shape index (κ1) is 25.0. The molecular formula is C19H17ClF3N7O3S. The second-order valence-corrected chi connectivity index (χ2v) is 7.86. The van der Waals surface area contributed by atoms with Crippen LogP contribution in [0.1, 0.15) is 11.1 Å². The number of ether oxygens (including phenoxy) is 1. The number of thioether (sulfide) groups is 1. The standard InChI is InChI=1S/C19H17ClF3N7O3S/c1-33-15-5-2-10(6-14(15)31)8-25-27-17-28-29-18(30(17)24)34-9-16(32)26-13-7-11(19(21,22)23)3-4-12(13)20/h2-8,31H,9,24H2,1H3,(H,26,32)(H,27,28)/b25-8+. The largest absolute Gasteiger partial charge is 0.504 e. The molecule has 3 rings (SSSR count). The van der Waals surface area contributed by atoms with Crippen LogP contribution in [0.25, 0.3) is 0 Å². The predicted molar refractivity (Wildman–Crippen MR) is 122 cm³/mol. The number of nitrogens with one attached hydrogen (secondary N) is 2. The van der Waals surface area contributed by atoms with E-state index >= 15 is 0 Å². The minimum atomic E-state index is -4.57. The van der Waals surface area contributed by atoms with Gasteiger partial charge in [0.2, 0.25) is 11.1 Å². The molecule has 0 aliphatic heterocycles. The molecule has 2 aromatic carbocycles. The molecule has 5 N–H and O–H groups in total. The zero-order chi connectivity index (χ0) is 24.9. The van der Waals surface area contributed by atoms with Crippen molar-refractivity contribution in [1.82, 2.24) is 14.9 Å². The predicted octanol–water partition coefficient (Wildman–Crippen LogP) is 3.56. The van der Waals surface area contributed by atoms with E-state index in [4.69, 9.17) is 22.2 Å². The molecule has 0 aliphatic rings. The number of carbonyl (C=O) groups excluding carboxylic acids is 1. The van der Waals surface area contributed by atoms with E-state index in [0.717, 1.165) is 34.6 Å². The molecule has 15 heteroatoms. The van der Waals surface area contributed by atoms with Gasteiger partial charge in [-0.3, -0.25) is 4.79 Å². The number of rotatable bonds is 8. The number of phenols is 1. The molecule has 1 amide bonds. The highest BCUT2D eigenvalue weighted by molar-refractivity contribution is 7.99. The average Bonchev–Trinajstić information content (AvgIpc) is 3.12. The van der Waals surface area contributed by atoms with E-state index in [1.807, 2.05) is 0 Å². The number of nitrogens with two attached hydrogens (primary N) is 1. The number of amides is 1. The maximum atomic E-state index is 12.9. The number of anilines is 2. The third-order valence-corrected chi connectivity index (χ3v) is 5.42. The molecule has 0 radical (unpaired) electrons. The molecule has 0 unspecified atom stereocenters. The number of methoxy groups -OCH3 is 1. The molecule has 1 aromatic heterocycles. The van der Waals surface area contributed by atoms with E-state index in [1.54, 1.807) is 12.1 Å².